The lowest BCUT2D eigenvalue weighted by atomic mass is 9.76. The Morgan fingerprint density at radius 1 is 1.00 bits per heavy atom. The number of benzene rings is 2. The molecule has 0 aliphatic heterocycles. The third-order valence-corrected chi connectivity index (χ3v) is 6.23. The molecule has 2 heteroatoms. The molecular formula is C25H31NS. The number of aliphatic imine (C=N–C) groups is 1. The highest BCUT2D eigenvalue weighted by Crippen LogP contribution is 2.39. The summed E-state index contributed by atoms with van der Waals surface area (Å²) in [5.74, 6) is 1.72. The van der Waals surface area contributed by atoms with Crippen LogP contribution in [-0.4, -0.2) is 5.16 Å². The minimum Gasteiger partial charge on any atom is -0.195 e. The lowest BCUT2D eigenvalue weighted by molar-refractivity contribution is 0.303. The van der Waals surface area contributed by atoms with Crippen molar-refractivity contribution in [3.63, 3.8) is 0 Å². The molecule has 0 unspecified atom stereocenters. The van der Waals surface area contributed by atoms with E-state index in [-0.39, 0.29) is 0 Å². The Morgan fingerprint density at radius 2 is 1.74 bits per heavy atom. The summed E-state index contributed by atoms with van der Waals surface area (Å²) in [6.45, 7) is 4.53. The van der Waals surface area contributed by atoms with E-state index >= 15 is 0 Å². The zero-order chi connectivity index (χ0) is 19.1. The number of hydrogen-bond donors (Lipinski definition) is 0. The molecule has 0 amide bonds. The van der Waals surface area contributed by atoms with Crippen LogP contribution in [0.15, 0.2) is 47.5 Å². The van der Waals surface area contributed by atoms with Gasteiger partial charge in [0.15, 0.2) is 0 Å². The van der Waals surface area contributed by atoms with E-state index in [9.17, 15) is 0 Å². The molecule has 1 fully saturated rings. The van der Waals surface area contributed by atoms with E-state index in [1.165, 1.54) is 73.6 Å². The number of isothiocyanates is 1. The van der Waals surface area contributed by atoms with Crippen LogP contribution in [0.3, 0.4) is 0 Å². The molecular weight excluding hydrogens is 346 g/mol. The van der Waals surface area contributed by atoms with Crippen molar-refractivity contribution in [3.05, 3.63) is 53.6 Å². The van der Waals surface area contributed by atoms with E-state index in [1.807, 2.05) is 12.1 Å². The zero-order valence-corrected chi connectivity index (χ0v) is 17.5. The van der Waals surface area contributed by atoms with Crippen molar-refractivity contribution in [3.8, 4) is 11.1 Å². The molecule has 0 atom stereocenters. The first kappa shape index (κ1) is 20.0. The molecule has 0 spiro atoms. The molecule has 0 radical (unpaired) electrons. The Hall–Kier alpha value is -1.76. The first-order valence-electron chi connectivity index (χ1n) is 10.5. The van der Waals surface area contributed by atoms with Gasteiger partial charge in [-0.3, -0.25) is 0 Å². The van der Waals surface area contributed by atoms with Gasteiger partial charge in [-0.2, -0.15) is 4.99 Å². The fourth-order valence-electron chi connectivity index (χ4n) is 4.50. The van der Waals surface area contributed by atoms with E-state index < -0.39 is 0 Å². The molecule has 0 saturated heterocycles. The molecule has 1 aliphatic carbocycles. The van der Waals surface area contributed by atoms with Gasteiger partial charge in [0.1, 0.15) is 0 Å². The number of aryl methyl sites for hydroxylation is 1. The smallest absolute Gasteiger partial charge is 0.0739 e. The van der Waals surface area contributed by atoms with E-state index in [1.54, 1.807) is 0 Å². The van der Waals surface area contributed by atoms with E-state index in [0.717, 1.165) is 17.5 Å². The molecule has 0 bridgehead atoms. The molecule has 0 N–H and O–H groups in total. The quantitative estimate of drug-likeness (QED) is 0.269. The van der Waals surface area contributed by atoms with Gasteiger partial charge in [-0.1, -0.05) is 62.9 Å². The van der Waals surface area contributed by atoms with E-state index in [4.69, 9.17) is 0 Å². The summed E-state index contributed by atoms with van der Waals surface area (Å²) < 4.78 is 0. The predicted octanol–water partition coefficient (Wildman–Crippen LogP) is 8.25. The van der Waals surface area contributed by atoms with Gasteiger partial charge in [-0.05, 0) is 91.0 Å². The molecule has 27 heavy (non-hydrogen) atoms. The molecule has 142 valence electrons. The predicted molar refractivity (Wildman–Crippen MR) is 120 cm³/mol. The average molecular weight is 378 g/mol. The topological polar surface area (TPSA) is 12.4 Å². The van der Waals surface area contributed by atoms with Crippen LogP contribution in [0.5, 0.6) is 0 Å². The third-order valence-electron chi connectivity index (χ3n) is 6.14. The molecule has 0 heterocycles. The summed E-state index contributed by atoms with van der Waals surface area (Å²) in [6, 6.07) is 15.3. The molecule has 1 nitrogen and oxygen atoms in total. The lowest BCUT2D eigenvalue weighted by Crippen LogP contribution is -2.13. The van der Waals surface area contributed by atoms with Crippen LogP contribution in [0.1, 0.15) is 75.3 Å². The van der Waals surface area contributed by atoms with Crippen LogP contribution in [-0.2, 0) is 0 Å². The SMILES string of the molecule is CCCCCC1CCC(c2ccc(-c3ccc(N=C=S)cc3)c(C)c2)CC1. The van der Waals surface area contributed by atoms with E-state index in [2.05, 4.69) is 66.6 Å². The first-order chi connectivity index (χ1) is 13.2. The maximum Gasteiger partial charge on any atom is 0.0739 e. The van der Waals surface area contributed by atoms with Crippen LogP contribution in [0, 0.1) is 12.8 Å². The highest BCUT2D eigenvalue weighted by atomic mass is 32.1. The largest absolute Gasteiger partial charge is 0.195 e. The molecule has 0 aromatic heterocycles. The van der Waals surface area contributed by atoms with Crippen LogP contribution in [0.25, 0.3) is 11.1 Å². The van der Waals surface area contributed by atoms with Gasteiger partial charge < -0.3 is 0 Å². The van der Waals surface area contributed by atoms with Gasteiger partial charge in [0.25, 0.3) is 0 Å². The van der Waals surface area contributed by atoms with Crippen molar-refractivity contribution >= 4 is 23.1 Å². The summed E-state index contributed by atoms with van der Waals surface area (Å²) in [4.78, 5) is 4.03. The average Bonchev–Trinajstić information content (AvgIpc) is 2.70. The zero-order valence-electron chi connectivity index (χ0n) is 16.7. The molecule has 2 aromatic carbocycles. The third kappa shape index (κ3) is 5.37. The summed E-state index contributed by atoms with van der Waals surface area (Å²) >= 11 is 4.67. The van der Waals surface area contributed by atoms with Crippen molar-refractivity contribution < 1.29 is 0 Å². The maximum atomic E-state index is 4.67. The fourth-order valence-corrected chi connectivity index (χ4v) is 4.61. The summed E-state index contributed by atoms with van der Waals surface area (Å²) in [7, 11) is 0. The van der Waals surface area contributed by atoms with Crippen molar-refractivity contribution in [1.29, 1.82) is 0 Å². The second-order valence-electron chi connectivity index (χ2n) is 8.04. The van der Waals surface area contributed by atoms with Crippen LogP contribution in [0.4, 0.5) is 5.69 Å². The second kappa shape index (κ2) is 9.97. The standard InChI is InChI=1S/C25H31NS/c1-3-4-5-6-20-7-9-21(10-8-20)23-13-16-25(19(2)17-23)22-11-14-24(15-12-22)26-18-27/h11-17,20-21H,3-10H2,1-2H3. The maximum absolute atomic E-state index is 4.67. The molecule has 1 aliphatic rings. The summed E-state index contributed by atoms with van der Waals surface area (Å²) in [5, 5.41) is 2.42. The minimum absolute atomic E-state index is 0.750. The lowest BCUT2D eigenvalue weighted by Gasteiger charge is -2.29. The first-order valence-corrected chi connectivity index (χ1v) is 10.9. The van der Waals surface area contributed by atoms with Crippen molar-refractivity contribution in [2.45, 2.75) is 71.1 Å². The second-order valence-corrected chi connectivity index (χ2v) is 8.22. The van der Waals surface area contributed by atoms with Gasteiger partial charge in [-0.15, -0.1) is 0 Å². The normalized spacial score (nSPS) is 19.5. The Balaban J connectivity index is 1.64. The number of nitrogens with zero attached hydrogens (tertiary/aromatic N) is 1. The molecule has 1 saturated carbocycles. The number of hydrogen-bond acceptors (Lipinski definition) is 2. The van der Waals surface area contributed by atoms with Gasteiger partial charge >= 0.3 is 0 Å². The highest BCUT2D eigenvalue weighted by Gasteiger charge is 2.22. The summed E-state index contributed by atoms with van der Waals surface area (Å²) in [5.41, 5.74) is 6.31. The minimum atomic E-state index is 0.750. The number of thiocarbonyl (C=S) groups is 1. The van der Waals surface area contributed by atoms with Crippen LogP contribution < -0.4 is 0 Å². The molecule has 3 rings (SSSR count). The van der Waals surface area contributed by atoms with Gasteiger partial charge in [0.05, 0.1) is 10.8 Å². The van der Waals surface area contributed by atoms with Crippen LogP contribution >= 0.6 is 12.2 Å². The monoisotopic (exact) mass is 377 g/mol. The highest BCUT2D eigenvalue weighted by molar-refractivity contribution is 7.78. The Kier molecular flexibility index (Phi) is 7.38. The van der Waals surface area contributed by atoms with Crippen molar-refractivity contribution in [1.82, 2.24) is 0 Å². The van der Waals surface area contributed by atoms with Gasteiger partial charge in [0.2, 0.25) is 0 Å². The van der Waals surface area contributed by atoms with Gasteiger partial charge in [0, 0.05) is 0 Å². The fraction of sp³-hybridized carbons (Fsp3) is 0.480. The molecule has 2 aromatic rings. The Labute approximate surface area is 169 Å². The van der Waals surface area contributed by atoms with Gasteiger partial charge in [-0.25, -0.2) is 0 Å². The Morgan fingerprint density at radius 3 is 2.37 bits per heavy atom. The van der Waals surface area contributed by atoms with Crippen LogP contribution in [0.2, 0.25) is 0 Å². The Bertz CT molecular complexity index is 778. The van der Waals surface area contributed by atoms with E-state index in [0.29, 0.717) is 0 Å². The number of unbranched alkanes of at least 4 members (excludes halogenated alkanes) is 2. The number of rotatable bonds is 7. The summed E-state index contributed by atoms with van der Waals surface area (Å²) in [6.07, 6.45) is 11.2. The van der Waals surface area contributed by atoms with Crippen molar-refractivity contribution in [2.75, 3.05) is 0 Å². The van der Waals surface area contributed by atoms with Crippen molar-refractivity contribution in [2.24, 2.45) is 10.9 Å².